The second kappa shape index (κ2) is 8.33. The number of benzene rings is 2. The van der Waals surface area contributed by atoms with Gasteiger partial charge in [-0.25, -0.2) is 0 Å². The van der Waals surface area contributed by atoms with Crippen LogP contribution in [0, 0.1) is 0 Å². The predicted octanol–water partition coefficient (Wildman–Crippen LogP) is 6.10. The van der Waals surface area contributed by atoms with Gasteiger partial charge in [0, 0.05) is 0 Å². The molecule has 1 fully saturated rings. The molecule has 1 heterocycles. The lowest BCUT2D eigenvalue weighted by Crippen LogP contribution is -2.50. The maximum atomic E-state index is 4.56. The van der Waals surface area contributed by atoms with Crippen LogP contribution in [-0.2, 0) is 5.54 Å². The normalized spacial score (nSPS) is 15.9. The number of nitrogens with zero attached hydrogens (tertiary/aromatic N) is 1. The molecule has 2 aromatic carbocycles. The van der Waals surface area contributed by atoms with Crippen molar-refractivity contribution in [3.8, 4) is 0 Å². The fourth-order valence-corrected chi connectivity index (χ4v) is 4.06. The Morgan fingerprint density at radius 2 is 1.31 bits per heavy atom. The van der Waals surface area contributed by atoms with Crippen molar-refractivity contribution in [3.05, 3.63) is 108 Å². The quantitative estimate of drug-likeness (QED) is 0.572. The van der Waals surface area contributed by atoms with Crippen molar-refractivity contribution < 1.29 is 0 Å². The molecule has 0 atom stereocenters. The Labute approximate surface area is 158 Å². The zero-order valence-electron chi connectivity index (χ0n) is 15.8. The van der Waals surface area contributed by atoms with E-state index in [1.165, 1.54) is 30.4 Å². The molecule has 0 radical (unpaired) electrons. The third-order valence-electron chi connectivity index (χ3n) is 5.25. The van der Waals surface area contributed by atoms with Crippen LogP contribution in [0.1, 0.15) is 37.3 Å². The SMILES string of the molecule is C=C(C)/C=C\C(=C)C(c1ccccc1)(c1ccccc1)N1CCCCC1. The monoisotopic (exact) mass is 343 g/mol. The summed E-state index contributed by atoms with van der Waals surface area (Å²) in [5.41, 5.74) is 4.36. The van der Waals surface area contributed by atoms with E-state index in [-0.39, 0.29) is 5.54 Å². The van der Waals surface area contributed by atoms with Gasteiger partial charge in [-0.15, -0.1) is 0 Å². The Balaban J connectivity index is 2.23. The second-order valence-electron chi connectivity index (χ2n) is 7.20. The number of hydrogen-bond acceptors (Lipinski definition) is 1. The van der Waals surface area contributed by atoms with Crippen LogP contribution in [0.5, 0.6) is 0 Å². The van der Waals surface area contributed by atoms with Gasteiger partial charge in [0.15, 0.2) is 0 Å². The molecule has 134 valence electrons. The van der Waals surface area contributed by atoms with Crippen molar-refractivity contribution in [2.45, 2.75) is 31.7 Å². The van der Waals surface area contributed by atoms with Crippen LogP contribution in [-0.4, -0.2) is 18.0 Å². The summed E-state index contributed by atoms with van der Waals surface area (Å²) >= 11 is 0. The molecule has 1 saturated heterocycles. The van der Waals surface area contributed by atoms with Gasteiger partial charge in [0.2, 0.25) is 0 Å². The van der Waals surface area contributed by atoms with Crippen molar-refractivity contribution in [3.63, 3.8) is 0 Å². The zero-order chi connectivity index (χ0) is 18.4. The smallest absolute Gasteiger partial charge is 0.0967 e. The summed E-state index contributed by atoms with van der Waals surface area (Å²) in [6.45, 7) is 12.8. The summed E-state index contributed by atoms with van der Waals surface area (Å²) < 4.78 is 0. The van der Waals surface area contributed by atoms with Gasteiger partial charge in [0.25, 0.3) is 0 Å². The third kappa shape index (κ3) is 3.59. The first-order valence-corrected chi connectivity index (χ1v) is 9.55. The number of hydrogen-bond donors (Lipinski definition) is 0. The minimum absolute atomic E-state index is 0.338. The van der Waals surface area contributed by atoms with Crippen molar-refractivity contribution >= 4 is 0 Å². The number of likely N-dealkylation sites (tertiary alicyclic amines) is 1. The molecule has 0 aliphatic carbocycles. The number of rotatable bonds is 6. The van der Waals surface area contributed by atoms with E-state index in [9.17, 15) is 0 Å². The van der Waals surface area contributed by atoms with E-state index in [2.05, 4.69) is 90.9 Å². The lowest BCUT2D eigenvalue weighted by atomic mass is 9.74. The third-order valence-corrected chi connectivity index (χ3v) is 5.25. The van der Waals surface area contributed by atoms with Crippen molar-refractivity contribution in [2.75, 3.05) is 13.1 Å². The van der Waals surface area contributed by atoms with Crippen molar-refractivity contribution in [2.24, 2.45) is 0 Å². The van der Waals surface area contributed by atoms with E-state index >= 15 is 0 Å². The van der Waals surface area contributed by atoms with Crippen LogP contribution in [0.25, 0.3) is 0 Å². The first-order valence-electron chi connectivity index (χ1n) is 9.55. The highest BCUT2D eigenvalue weighted by atomic mass is 15.2. The molecule has 0 unspecified atom stereocenters. The molecule has 0 saturated carbocycles. The largest absolute Gasteiger partial charge is 0.286 e. The number of piperidine rings is 1. The van der Waals surface area contributed by atoms with Crippen LogP contribution in [0.15, 0.2) is 97.1 Å². The fourth-order valence-electron chi connectivity index (χ4n) is 4.06. The minimum Gasteiger partial charge on any atom is -0.286 e. The second-order valence-corrected chi connectivity index (χ2v) is 7.20. The van der Waals surface area contributed by atoms with Crippen LogP contribution in [0.4, 0.5) is 0 Å². The van der Waals surface area contributed by atoms with Gasteiger partial charge in [0.05, 0.1) is 5.54 Å². The molecule has 0 N–H and O–H groups in total. The molecular weight excluding hydrogens is 314 g/mol. The highest BCUT2D eigenvalue weighted by molar-refractivity contribution is 5.51. The van der Waals surface area contributed by atoms with Crippen LogP contribution >= 0.6 is 0 Å². The summed E-state index contributed by atoms with van der Waals surface area (Å²) in [6.07, 6.45) is 8.01. The standard InChI is InChI=1S/C25H29N/c1-21(2)17-18-22(3)25(23-13-7-4-8-14-23,24-15-9-5-10-16-24)26-19-11-6-12-20-26/h4-5,7-10,13-18H,1,3,6,11-12,19-20H2,2H3/b18-17-. The summed E-state index contributed by atoms with van der Waals surface area (Å²) in [7, 11) is 0. The van der Waals surface area contributed by atoms with Crippen LogP contribution in [0.3, 0.4) is 0 Å². The maximum absolute atomic E-state index is 4.56. The first kappa shape index (κ1) is 18.4. The topological polar surface area (TPSA) is 3.24 Å². The van der Waals surface area contributed by atoms with Gasteiger partial charge in [0.1, 0.15) is 0 Å². The van der Waals surface area contributed by atoms with Crippen molar-refractivity contribution in [1.82, 2.24) is 4.90 Å². The van der Waals surface area contributed by atoms with E-state index < -0.39 is 0 Å². The van der Waals surface area contributed by atoms with E-state index in [1.54, 1.807) is 0 Å². The van der Waals surface area contributed by atoms with Gasteiger partial charge in [-0.3, -0.25) is 4.90 Å². The van der Waals surface area contributed by atoms with Crippen LogP contribution < -0.4 is 0 Å². The Kier molecular flexibility index (Phi) is 5.90. The Morgan fingerprint density at radius 1 is 0.808 bits per heavy atom. The van der Waals surface area contributed by atoms with E-state index in [0.29, 0.717) is 0 Å². The van der Waals surface area contributed by atoms with E-state index in [4.69, 9.17) is 0 Å². The fraction of sp³-hybridized carbons (Fsp3) is 0.280. The first-order chi connectivity index (χ1) is 12.7. The minimum atomic E-state index is -0.338. The maximum Gasteiger partial charge on any atom is 0.0967 e. The highest BCUT2D eigenvalue weighted by Crippen LogP contribution is 2.43. The molecule has 1 nitrogen and oxygen atoms in total. The lowest BCUT2D eigenvalue weighted by molar-refractivity contribution is 0.127. The number of allylic oxidation sites excluding steroid dienone is 2. The molecule has 0 spiro atoms. The average Bonchev–Trinajstić information content (AvgIpc) is 2.69. The van der Waals surface area contributed by atoms with Gasteiger partial charge < -0.3 is 0 Å². The van der Waals surface area contributed by atoms with E-state index in [1.807, 2.05) is 6.92 Å². The molecular formula is C25H29N. The summed E-state index contributed by atoms with van der Waals surface area (Å²) in [4.78, 5) is 2.62. The zero-order valence-corrected chi connectivity index (χ0v) is 15.8. The van der Waals surface area contributed by atoms with Crippen LogP contribution in [0.2, 0.25) is 0 Å². The summed E-state index contributed by atoms with van der Waals surface area (Å²) in [5, 5.41) is 0. The Morgan fingerprint density at radius 3 is 1.77 bits per heavy atom. The van der Waals surface area contributed by atoms with Crippen molar-refractivity contribution in [1.29, 1.82) is 0 Å². The molecule has 1 aliphatic heterocycles. The van der Waals surface area contributed by atoms with Gasteiger partial charge in [-0.1, -0.05) is 98.0 Å². The molecule has 3 rings (SSSR count). The molecule has 0 aromatic heterocycles. The molecule has 1 aliphatic rings. The lowest BCUT2D eigenvalue weighted by Gasteiger charge is -2.47. The summed E-state index contributed by atoms with van der Waals surface area (Å²) in [6, 6.07) is 21.6. The molecule has 1 heteroatoms. The Hall–Kier alpha value is -2.38. The predicted molar refractivity (Wildman–Crippen MR) is 112 cm³/mol. The Bertz CT molecular complexity index is 725. The average molecular weight is 344 g/mol. The van der Waals surface area contributed by atoms with Gasteiger partial charge in [-0.2, -0.15) is 0 Å². The molecule has 0 bridgehead atoms. The van der Waals surface area contributed by atoms with Gasteiger partial charge >= 0.3 is 0 Å². The molecule has 0 amide bonds. The van der Waals surface area contributed by atoms with Gasteiger partial charge in [-0.05, 0) is 49.6 Å². The highest BCUT2D eigenvalue weighted by Gasteiger charge is 2.42. The molecule has 26 heavy (non-hydrogen) atoms. The molecule has 2 aromatic rings. The summed E-state index contributed by atoms with van der Waals surface area (Å²) in [5.74, 6) is 0. The van der Waals surface area contributed by atoms with E-state index in [0.717, 1.165) is 24.2 Å².